The first kappa shape index (κ1) is 25.2. The highest BCUT2D eigenvalue weighted by molar-refractivity contribution is 6.03. The van der Waals surface area contributed by atoms with Crippen molar-refractivity contribution in [3.63, 3.8) is 0 Å². The van der Waals surface area contributed by atoms with Crippen molar-refractivity contribution in [2.24, 2.45) is 5.92 Å². The Kier molecular flexibility index (Phi) is 6.11. The molecule has 1 aromatic heterocycles. The Labute approximate surface area is 267 Å². The normalized spacial score (nSPS) is 30.8. The molecular weight excluding hydrogens is 607 g/mol. The van der Waals surface area contributed by atoms with Crippen molar-refractivity contribution in [3.05, 3.63) is 40.7 Å². The molecule has 4 aliphatic heterocycles. The van der Waals surface area contributed by atoms with E-state index in [0.29, 0.717) is 32.4 Å². The number of nitrogen functional groups attached to an aromatic ring is 1. The summed E-state index contributed by atoms with van der Waals surface area (Å²) in [6, 6.07) is 3.95. The molecule has 46 heavy (non-hydrogen) atoms. The zero-order valence-corrected chi connectivity index (χ0v) is 24.8. The molecule has 13 heteroatoms. The summed E-state index contributed by atoms with van der Waals surface area (Å²) in [6.45, 7) is -5.52. The number of hydrogen-bond acceptors (Lipinski definition) is 8. The summed E-state index contributed by atoms with van der Waals surface area (Å²) in [5.41, 5.74) is 4.91. The number of anilines is 3. The summed E-state index contributed by atoms with van der Waals surface area (Å²) in [6.07, 6.45) is 2.27. The smallest absolute Gasteiger partial charge is 0.319 e. The Morgan fingerprint density at radius 1 is 1.09 bits per heavy atom. The average Bonchev–Trinajstić information content (AvgIpc) is 3.39. The van der Waals surface area contributed by atoms with Gasteiger partial charge in [-0.2, -0.15) is 14.4 Å². The van der Waals surface area contributed by atoms with Gasteiger partial charge in [0.2, 0.25) is 12.8 Å². The van der Waals surface area contributed by atoms with Gasteiger partial charge in [-0.3, -0.25) is 4.90 Å². The molecule has 0 unspecified atom stereocenters. The molecule has 3 aromatic rings. The first-order chi connectivity index (χ1) is 23.7. The lowest BCUT2D eigenvalue weighted by Gasteiger charge is -2.31. The van der Waals surface area contributed by atoms with E-state index in [1.807, 2.05) is 0 Å². The molecule has 8 rings (SSSR count). The highest BCUT2D eigenvalue weighted by atomic mass is 19.2. The molecule has 4 fully saturated rings. The van der Waals surface area contributed by atoms with E-state index in [1.165, 1.54) is 18.2 Å². The maximum absolute atomic E-state index is 17.1. The van der Waals surface area contributed by atoms with Gasteiger partial charge >= 0.3 is 6.01 Å². The molecule has 5 aliphatic rings. The van der Waals surface area contributed by atoms with Crippen molar-refractivity contribution in [1.82, 2.24) is 14.9 Å². The lowest BCUT2D eigenvalue weighted by atomic mass is 9.95. The standard InChI is InChI=1S/C33H35F5N6O2/c34-17-46-29-23(36)6-5-18-12-20(39)13-24(25(18)29)43-11-7-22-27(30(43)38)40-32(45-16-33-8-3-9-42(33)15-19(35)14-33)41-31(22)44-10-2-1-4-21-26(37)28(21)44/h5-7,12-13,19,21,26,28H,1-4,8-11,14-17,39H2/t19-,21+,26+,28+,33+/m1/s1/i16D2,17D2. The summed E-state index contributed by atoms with van der Waals surface area (Å²) >= 11 is 0. The van der Waals surface area contributed by atoms with E-state index in [0.717, 1.165) is 23.8 Å². The summed E-state index contributed by atoms with van der Waals surface area (Å²) in [7, 11) is 0. The van der Waals surface area contributed by atoms with Gasteiger partial charge in [-0.1, -0.05) is 18.6 Å². The highest BCUT2D eigenvalue weighted by Gasteiger charge is 2.55. The second kappa shape index (κ2) is 11.1. The van der Waals surface area contributed by atoms with Crippen LogP contribution in [0.1, 0.15) is 44.0 Å². The first-order valence-electron chi connectivity index (χ1n) is 17.6. The summed E-state index contributed by atoms with van der Waals surface area (Å²) in [5, 5.41) is -0.0606. The van der Waals surface area contributed by atoms with Crippen LogP contribution in [0, 0.1) is 11.7 Å². The Hall–Kier alpha value is -3.87. The van der Waals surface area contributed by atoms with Gasteiger partial charge in [0.15, 0.2) is 11.6 Å². The quantitative estimate of drug-likeness (QED) is 0.232. The second-order valence-electron chi connectivity index (χ2n) is 12.8. The zero-order valence-electron chi connectivity index (χ0n) is 28.8. The third-order valence-corrected chi connectivity index (χ3v) is 10.1. The minimum absolute atomic E-state index is 0.0602. The monoisotopic (exact) mass is 646 g/mol. The van der Waals surface area contributed by atoms with Crippen LogP contribution in [0.3, 0.4) is 0 Å². The van der Waals surface area contributed by atoms with Crippen LogP contribution in [0.5, 0.6) is 11.8 Å². The molecule has 8 nitrogen and oxygen atoms in total. The molecule has 0 spiro atoms. The molecule has 244 valence electrons. The second-order valence-corrected chi connectivity index (χ2v) is 12.8. The topological polar surface area (TPSA) is 80.0 Å². The largest absolute Gasteiger partial charge is 0.461 e. The van der Waals surface area contributed by atoms with Gasteiger partial charge < -0.3 is 25.0 Å². The third-order valence-electron chi connectivity index (χ3n) is 10.1. The minimum atomic E-state index is -3.78. The van der Waals surface area contributed by atoms with Crippen molar-refractivity contribution < 1.29 is 36.9 Å². The van der Waals surface area contributed by atoms with E-state index >= 15 is 13.2 Å². The number of aromatic nitrogens is 2. The molecule has 3 saturated heterocycles. The summed E-state index contributed by atoms with van der Waals surface area (Å²) < 4.78 is 119. The van der Waals surface area contributed by atoms with Crippen LogP contribution in [0.4, 0.5) is 39.1 Å². The molecule has 2 aromatic carbocycles. The Balaban J connectivity index is 1.30. The maximum Gasteiger partial charge on any atom is 0.319 e. The van der Waals surface area contributed by atoms with Crippen molar-refractivity contribution in [3.8, 4) is 11.8 Å². The molecule has 0 bridgehead atoms. The van der Waals surface area contributed by atoms with E-state index in [4.69, 9.17) is 20.7 Å². The van der Waals surface area contributed by atoms with E-state index in [9.17, 15) is 8.78 Å². The Morgan fingerprint density at radius 3 is 2.80 bits per heavy atom. The maximum atomic E-state index is 17.1. The van der Waals surface area contributed by atoms with Gasteiger partial charge in [-0.05, 0) is 55.8 Å². The van der Waals surface area contributed by atoms with E-state index in [2.05, 4.69) is 9.97 Å². The minimum Gasteiger partial charge on any atom is -0.461 e. The molecule has 0 radical (unpaired) electrons. The number of benzene rings is 2. The molecule has 2 N–H and O–H groups in total. The van der Waals surface area contributed by atoms with Gasteiger partial charge in [-0.25, -0.2) is 17.6 Å². The van der Waals surface area contributed by atoms with E-state index < -0.39 is 60.8 Å². The molecular formula is C33H35F5N6O2. The number of hydrogen-bond donors (Lipinski definition) is 1. The van der Waals surface area contributed by atoms with E-state index in [-0.39, 0.29) is 64.0 Å². The zero-order chi connectivity index (χ0) is 35.3. The first-order valence-corrected chi connectivity index (χ1v) is 15.6. The molecule has 1 saturated carbocycles. The van der Waals surface area contributed by atoms with Gasteiger partial charge in [0.05, 0.1) is 25.4 Å². The van der Waals surface area contributed by atoms with Crippen LogP contribution in [0.2, 0.25) is 0 Å². The van der Waals surface area contributed by atoms with Crippen molar-refractivity contribution in [1.29, 1.82) is 0 Å². The van der Waals surface area contributed by atoms with Gasteiger partial charge in [0, 0.05) is 42.9 Å². The average molecular weight is 647 g/mol. The fourth-order valence-corrected chi connectivity index (χ4v) is 7.91. The Bertz CT molecular complexity index is 2010. The van der Waals surface area contributed by atoms with Crippen molar-refractivity contribution in [2.45, 2.75) is 62.4 Å². The summed E-state index contributed by atoms with van der Waals surface area (Å²) in [4.78, 5) is 13.5. The summed E-state index contributed by atoms with van der Waals surface area (Å²) in [5.74, 6) is -2.97. The Morgan fingerprint density at radius 2 is 1.96 bits per heavy atom. The lowest BCUT2D eigenvalue weighted by Crippen LogP contribution is -2.47. The van der Waals surface area contributed by atoms with Crippen LogP contribution in [-0.4, -0.2) is 78.3 Å². The van der Waals surface area contributed by atoms with Crippen LogP contribution in [0.15, 0.2) is 24.3 Å². The number of fused-ring (bicyclic) bond motifs is 4. The molecule has 0 amide bonds. The molecule has 1 aliphatic carbocycles. The fourth-order valence-electron chi connectivity index (χ4n) is 7.91. The van der Waals surface area contributed by atoms with Gasteiger partial charge in [0.1, 0.15) is 32.8 Å². The van der Waals surface area contributed by atoms with Crippen LogP contribution in [0.25, 0.3) is 22.8 Å². The molecule has 5 atom stereocenters. The lowest BCUT2D eigenvalue weighted by molar-refractivity contribution is 0.107. The van der Waals surface area contributed by atoms with Gasteiger partial charge in [0.25, 0.3) is 0 Å². The highest BCUT2D eigenvalue weighted by Crippen LogP contribution is 2.46. The van der Waals surface area contributed by atoms with Crippen LogP contribution >= 0.6 is 0 Å². The predicted molar refractivity (Wildman–Crippen MR) is 164 cm³/mol. The number of ether oxygens (including phenoxy) is 2. The number of alkyl halides is 3. The number of nitrogens with two attached hydrogens (primary N) is 1. The predicted octanol–water partition coefficient (Wildman–Crippen LogP) is 4.27. The number of nitrogens with zero attached hydrogens (tertiary/aromatic N) is 5. The number of rotatable bonds is 7. The van der Waals surface area contributed by atoms with Gasteiger partial charge in [-0.15, -0.1) is 0 Å². The van der Waals surface area contributed by atoms with E-state index in [1.54, 1.807) is 15.9 Å². The SMILES string of the molecule is [2H]C([2H])(F)Oc1c(F)ccc2cc(N)cc(N3CC=c4c(N5CCCC[C@H]6[C@H](F)[C@H]65)nc(OC([2H])([2H])[C@@]56CCCN5C[C@H](F)C6)nc4=C3F)c12. The molecule has 5 heterocycles. The van der Waals surface area contributed by atoms with Crippen molar-refractivity contribution >= 4 is 40.0 Å². The third kappa shape index (κ3) is 4.72. The van der Waals surface area contributed by atoms with Crippen LogP contribution in [-0.2, 0) is 0 Å². The fraction of sp³-hybridized carbons (Fsp3) is 0.515. The van der Waals surface area contributed by atoms with Crippen molar-refractivity contribution in [2.75, 3.05) is 55.1 Å². The van der Waals surface area contributed by atoms with Crippen LogP contribution < -0.4 is 35.6 Å². The number of halogens is 5.